The summed E-state index contributed by atoms with van der Waals surface area (Å²) in [6, 6.07) is 8.88. The van der Waals surface area contributed by atoms with Gasteiger partial charge in [0.15, 0.2) is 0 Å². The maximum Gasteiger partial charge on any atom is 0.119 e. The summed E-state index contributed by atoms with van der Waals surface area (Å²) in [6.45, 7) is 6.21. The normalized spacial score (nSPS) is 17.9. The number of hydrogen-bond acceptors (Lipinski definition) is 2. The van der Waals surface area contributed by atoms with Gasteiger partial charge in [0, 0.05) is 6.04 Å². The molecule has 1 saturated carbocycles. The SMILES string of the molecule is CCNC(C)c1cccc(OCC2CCCC2)c1. The molecule has 1 fully saturated rings. The molecule has 1 aliphatic carbocycles. The summed E-state index contributed by atoms with van der Waals surface area (Å²) < 4.78 is 5.93. The first-order valence-electron chi connectivity index (χ1n) is 7.25. The van der Waals surface area contributed by atoms with E-state index in [4.69, 9.17) is 4.74 Å². The van der Waals surface area contributed by atoms with Gasteiger partial charge in [-0.2, -0.15) is 0 Å². The van der Waals surface area contributed by atoms with Crippen LogP contribution in [-0.2, 0) is 0 Å². The van der Waals surface area contributed by atoms with Crippen LogP contribution in [0.5, 0.6) is 5.75 Å². The van der Waals surface area contributed by atoms with Crippen LogP contribution in [0.2, 0.25) is 0 Å². The first-order valence-corrected chi connectivity index (χ1v) is 7.25. The summed E-state index contributed by atoms with van der Waals surface area (Å²) >= 11 is 0. The lowest BCUT2D eigenvalue weighted by Gasteiger charge is -2.15. The van der Waals surface area contributed by atoms with Crippen molar-refractivity contribution in [3.8, 4) is 5.75 Å². The zero-order valence-corrected chi connectivity index (χ0v) is 11.6. The van der Waals surface area contributed by atoms with Crippen LogP contribution in [0.4, 0.5) is 0 Å². The zero-order valence-electron chi connectivity index (χ0n) is 11.6. The monoisotopic (exact) mass is 247 g/mol. The van der Waals surface area contributed by atoms with Gasteiger partial charge in [0.25, 0.3) is 0 Å². The summed E-state index contributed by atoms with van der Waals surface area (Å²) in [5.41, 5.74) is 1.31. The van der Waals surface area contributed by atoms with Crippen LogP contribution in [0.3, 0.4) is 0 Å². The second kappa shape index (κ2) is 6.79. The molecule has 1 atom stereocenters. The Morgan fingerprint density at radius 2 is 2.11 bits per heavy atom. The second-order valence-electron chi connectivity index (χ2n) is 5.31. The van der Waals surface area contributed by atoms with Crippen molar-refractivity contribution in [1.82, 2.24) is 5.32 Å². The van der Waals surface area contributed by atoms with Crippen LogP contribution in [0.15, 0.2) is 24.3 Å². The average molecular weight is 247 g/mol. The lowest BCUT2D eigenvalue weighted by Crippen LogP contribution is -2.17. The van der Waals surface area contributed by atoms with Gasteiger partial charge >= 0.3 is 0 Å². The minimum atomic E-state index is 0.394. The Morgan fingerprint density at radius 3 is 2.83 bits per heavy atom. The summed E-state index contributed by atoms with van der Waals surface area (Å²) in [6.07, 6.45) is 5.44. The Labute approximate surface area is 111 Å². The van der Waals surface area contributed by atoms with Crippen LogP contribution >= 0.6 is 0 Å². The molecule has 0 spiro atoms. The maximum absolute atomic E-state index is 5.93. The van der Waals surface area contributed by atoms with Crippen molar-refractivity contribution in [2.75, 3.05) is 13.2 Å². The van der Waals surface area contributed by atoms with Crippen molar-refractivity contribution < 1.29 is 4.74 Å². The van der Waals surface area contributed by atoms with Gasteiger partial charge in [-0.05, 0) is 49.9 Å². The lowest BCUT2D eigenvalue weighted by atomic mass is 10.1. The summed E-state index contributed by atoms with van der Waals surface area (Å²) in [5.74, 6) is 1.80. The van der Waals surface area contributed by atoms with Gasteiger partial charge in [0.1, 0.15) is 5.75 Å². The lowest BCUT2D eigenvalue weighted by molar-refractivity contribution is 0.252. The Bertz CT molecular complexity index is 358. The molecule has 0 saturated heterocycles. The number of ether oxygens (including phenoxy) is 1. The standard InChI is InChI=1S/C16H25NO/c1-3-17-13(2)15-9-6-10-16(11-15)18-12-14-7-4-5-8-14/h6,9-11,13-14,17H,3-5,7-8,12H2,1-2H3. The van der Waals surface area contributed by atoms with Gasteiger partial charge in [-0.1, -0.05) is 31.9 Å². The molecule has 1 N–H and O–H groups in total. The van der Waals surface area contributed by atoms with Crippen molar-refractivity contribution in [2.24, 2.45) is 5.92 Å². The van der Waals surface area contributed by atoms with E-state index in [2.05, 4.69) is 43.4 Å². The molecule has 18 heavy (non-hydrogen) atoms. The van der Waals surface area contributed by atoms with Crippen molar-refractivity contribution in [3.05, 3.63) is 29.8 Å². The molecule has 0 aromatic heterocycles. The van der Waals surface area contributed by atoms with Crippen LogP contribution in [0, 0.1) is 5.92 Å². The summed E-state index contributed by atoms with van der Waals surface area (Å²) in [4.78, 5) is 0. The van der Waals surface area contributed by atoms with Crippen LogP contribution < -0.4 is 10.1 Å². The van der Waals surface area contributed by atoms with Crippen molar-refractivity contribution in [2.45, 2.75) is 45.6 Å². The van der Waals surface area contributed by atoms with E-state index in [1.165, 1.54) is 31.2 Å². The first kappa shape index (κ1) is 13.4. The first-order chi connectivity index (χ1) is 8.79. The Morgan fingerprint density at radius 1 is 1.33 bits per heavy atom. The predicted octanol–water partition coefficient (Wildman–Crippen LogP) is 3.93. The van der Waals surface area contributed by atoms with E-state index in [1.807, 2.05) is 0 Å². The topological polar surface area (TPSA) is 21.3 Å². The maximum atomic E-state index is 5.93. The van der Waals surface area contributed by atoms with E-state index in [9.17, 15) is 0 Å². The molecule has 0 heterocycles. The molecular formula is C16H25NO. The fourth-order valence-electron chi connectivity index (χ4n) is 2.69. The molecule has 1 aliphatic rings. The molecule has 1 aromatic rings. The molecule has 0 radical (unpaired) electrons. The number of hydrogen-bond donors (Lipinski definition) is 1. The van der Waals surface area contributed by atoms with E-state index in [-0.39, 0.29) is 0 Å². The van der Waals surface area contributed by atoms with Gasteiger partial charge in [-0.3, -0.25) is 0 Å². The third kappa shape index (κ3) is 3.74. The fourth-order valence-corrected chi connectivity index (χ4v) is 2.69. The molecule has 1 unspecified atom stereocenters. The van der Waals surface area contributed by atoms with Crippen LogP contribution in [0.25, 0.3) is 0 Å². The Hall–Kier alpha value is -1.02. The number of rotatable bonds is 6. The molecule has 100 valence electrons. The van der Waals surface area contributed by atoms with E-state index in [0.717, 1.165) is 24.8 Å². The van der Waals surface area contributed by atoms with Crippen molar-refractivity contribution in [1.29, 1.82) is 0 Å². The molecule has 2 heteroatoms. The second-order valence-corrected chi connectivity index (χ2v) is 5.31. The zero-order chi connectivity index (χ0) is 12.8. The quantitative estimate of drug-likeness (QED) is 0.822. The molecule has 2 nitrogen and oxygen atoms in total. The summed E-state index contributed by atoms with van der Waals surface area (Å²) in [7, 11) is 0. The highest BCUT2D eigenvalue weighted by Gasteiger charge is 2.15. The van der Waals surface area contributed by atoms with Gasteiger partial charge in [-0.15, -0.1) is 0 Å². The van der Waals surface area contributed by atoms with Crippen molar-refractivity contribution in [3.63, 3.8) is 0 Å². The van der Waals surface area contributed by atoms with Gasteiger partial charge in [0.05, 0.1) is 6.61 Å². The highest BCUT2D eigenvalue weighted by molar-refractivity contribution is 5.30. The van der Waals surface area contributed by atoms with Gasteiger partial charge < -0.3 is 10.1 Å². The number of nitrogens with one attached hydrogen (secondary N) is 1. The highest BCUT2D eigenvalue weighted by Crippen LogP contribution is 2.26. The minimum Gasteiger partial charge on any atom is -0.493 e. The van der Waals surface area contributed by atoms with E-state index in [0.29, 0.717) is 6.04 Å². The molecule has 2 rings (SSSR count). The molecular weight excluding hydrogens is 222 g/mol. The van der Waals surface area contributed by atoms with E-state index < -0.39 is 0 Å². The third-order valence-corrected chi connectivity index (χ3v) is 3.83. The van der Waals surface area contributed by atoms with Crippen molar-refractivity contribution >= 4 is 0 Å². The predicted molar refractivity (Wildman–Crippen MR) is 76.0 cm³/mol. The van der Waals surface area contributed by atoms with E-state index >= 15 is 0 Å². The smallest absolute Gasteiger partial charge is 0.119 e. The number of benzene rings is 1. The summed E-state index contributed by atoms with van der Waals surface area (Å²) in [5, 5.41) is 3.43. The minimum absolute atomic E-state index is 0.394. The third-order valence-electron chi connectivity index (χ3n) is 3.83. The van der Waals surface area contributed by atoms with Gasteiger partial charge in [-0.25, -0.2) is 0 Å². The largest absolute Gasteiger partial charge is 0.493 e. The molecule has 1 aromatic carbocycles. The Balaban J connectivity index is 1.89. The highest BCUT2D eigenvalue weighted by atomic mass is 16.5. The van der Waals surface area contributed by atoms with E-state index in [1.54, 1.807) is 0 Å². The Kier molecular flexibility index (Phi) is 5.06. The fraction of sp³-hybridized carbons (Fsp3) is 0.625. The molecule has 0 bridgehead atoms. The van der Waals surface area contributed by atoms with Crippen LogP contribution in [-0.4, -0.2) is 13.2 Å². The van der Waals surface area contributed by atoms with Gasteiger partial charge in [0.2, 0.25) is 0 Å². The average Bonchev–Trinajstić information content (AvgIpc) is 2.90. The van der Waals surface area contributed by atoms with Crippen LogP contribution in [0.1, 0.15) is 51.1 Å². The molecule has 0 amide bonds. The molecule has 0 aliphatic heterocycles.